The van der Waals surface area contributed by atoms with Crippen LogP contribution in [0.4, 0.5) is 0 Å². The van der Waals surface area contributed by atoms with Gasteiger partial charge in [0.1, 0.15) is 13.2 Å². The molecule has 0 bridgehead atoms. The van der Waals surface area contributed by atoms with E-state index in [0.717, 1.165) is 103 Å². The lowest BCUT2D eigenvalue weighted by molar-refractivity contribution is -0.167. The summed E-state index contributed by atoms with van der Waals surface area (Å²) in [6.45, 7) is 6.49. The Balaban J connectivity index is 4.13. The number of unbranched alkanes of at least 4 members (excludes halogenated alkanes) is 33. The Hall–Kier alpha value is -3.15. The number of carbonyl (C=O) groups is 3. The smallest absolute Gasteiger partial charge is 0.306 e. The molecule has 0 aromatic rings. The van der Waals surface area contributed by atoms with Crippen molar-refractivity contribution in [3.05, 3.63) is 72.9 Å². The van der Waals surface area contributed by atoms with E-state index in [2.05, 4.69) is 93.7 Å². The molecule has 0 aliphatic carbocycles. The average molecular weight is 1010 g/mol. The maximum atomic E-state index is 12.8. The summed E-state index contributed by atoms with van der Waals surface area (Å²) in [5, 5.41) is 0. The molecule has 6 nitrogen and oxygen atoms in total. The molecular formula is C66H116O6. The first-order chi connectivity index (χ1) is 35.5. The number of ether oxygens (including phenoxy) is 3. The van der Waals surface area contributed by atoms with Crippen LogP contribution in [0.15, 0.2) is 72.9 Å². The van der Waals surface area contributed by atoms with E-state index >= 15 is 0 Å². The number of rotatable bonds is 56. The number of hydrogen-bond donors (Lipinski definition) is 0. The average Bonchev–Trinajstić information content (AvgIpc) is 3.38. The highest BCUT2D eigenvalue weighted by atomic mass is 16.6. The highest BCUT2D eigenvalue weighted by molar-refractivity contribution is 5.71. The lowest BCUT2D eigenvalue weighted by atomic mass is 10.0. The summed E-state index contributed by atoms with van der Waals surface area (Å²) in [6, 6.07) is 0. The van der Waals surface area contributed by atoms with E-state index in [1.165, 1.54) is 167 Å². The first-order valence-electron chi connectivity index (χ1n) is 30.9. The van der Waals surface area contributed by atoms with Gasteiger partial charge in [-0.25, -0.2) is 0 Å². The van der Waals surface area contributed by atoms with Crippen LogP contribution in [0.1, 0.15) is 310 Å². The van der Waals surface area contributed by atoms with E-state index in [-0.39, 0.29) is 31.1 Å². The Kier molecular flexibility index (Phi) is 57.8. The molecule has 72 heavy (non-hydrogen) atoms. The lowest BCUT2D eigenvalue weighted by Crippen LogP contribution is -2.30. The second-order valence-electron chi connectivity index (χ2n) is 20.6. The van der Waals surface area contributed by atoms with Crippen LogP contribution in [0.25, 0.3) is 0 Å². The molecule has 0 saturated heterocycles. The highest BCUT2D eigenvalue weighted by Crippen LogP contribution is 2.17. The molecule has 0 N–H and O–H groups in total. The van der Waals surface area contributed by atoms with Crippen LogP contribution >= 0.6 is 0 Å². The Labute approximate surface area is 446 Å². The molecule has 0 saturated carbocycles. The monoisotopic (exact) mass is 1000 g/mol. The van der Waals surface area contributed by atoms with Crippen LogP contribution < -0.4 is 0 Å². The van der Waals surface area contributed by atoms with Crippen molar-refractivity contribution in [1.82, 2.24) is 0 Å². The largest absolute Gasteiger partial charge is 0.462 e. The zero-order valence-corrected chi connectivity index (χ0v) is 47.7. The first-order valence-corrected chi connectivity index (χ1v) is 30.9. The predicted octanol–water partition coefficient (Wildman–Crippen LogP) is 20.9. The predicted molar refractivity (Wildman–Crippen MR) is 311 cm³/mol. The third-order valence-corrected chi connectivity index (χ3v) is 13.5. The zero-order chi connectivity index (χ0) is 52.2. The summed E-state index contributed by atoms with van der Waals surface area (Å²) < 4.78 is 16.8. The van der Waals surface area contributed by atoms with Crippen molar-refractivity contribution in [3.63, 3.8) is 0 Å². The van der Waals surface area contributed by atoms with Gasteiger partial charge in [-0.1, -0.05) is 293 Å². The maximum absolute atomic E-state index is 12.8. The van der Waals surface area contributed by atoms with E-state index in [9.17, 15) is 14.4 Å². The maximum Gasteiger partial charge on any atom is 0.306 e. The van der Waals surface area contributed by atoms with Gasteiger partial charge in [-0.2, -0.15) is 0 Å². The zero-order valence-electron chi connectivity index (χ0n) is 47.7. The van der Waals surface area contributed by atoms with Gasteiger partial charge in [0.25, 0.3) is 0 Å². The summed E-state index contributed by atoms with van der Waals surface area (Å²) >= 11 is 0. The Morgan fingerprint density at radius 2 is 0.542 bits per heavy atom. The number of allylic oxidation sites excluding steroid dienone is 12. The molecule has 416 valence electrons. The molecule has 0 aromatic carbocycles. The van der Waals surface area contributed by atoms with Crippen LogP contribution in [0.2, 0.25) is 0 Å². The molecule has 0 radical (unpaired) electrons. The molecular weight excluding hydrogens is 889 g/mol. The third kappa shape index (κ3) is 57.7. The Bertz CT molecular complexity index is 1340. The van der Waals surface area contributed by atoms with Crippen molar-refractivity contribution in [2.75, 3.05) is 13.2 Å². The van der Waals surface area contributed by atoms with Crippen molar-refractivity contribution in [3.8, 4) is 0 Å². The molecule has 0 spiro atoms. The molecule has 1 unspecified atom stereocenters. The minimum atomic E-state index is -0.777. The van der Waals surface area contributed by atoms with E-state index in [1.807, 2.05) is 0 Å². The summed E-state index contributed by atoms with van der Waals surface area (Å²) in [6.07, 6.45) is 78.0. The van der Waals surface area contributed by atoms with Gasteiger partial charge in [0.2, 0.25) is 0 Å². The van der Waals surface area contributed by atoms with Crippen LogP contribution in [0, 0.1) is 0 Å². The van der Waals surface area contributed by atoms with Gasteiger partial charge in [0, 0.05) is 19.3 Å². The van der Waals surface area contributed by atoms with Crippen molar-refractivity contribution in [2.24, 2.45) is 0 Å². The van der Waals surface area contributed by atoms with Gasteiger partial charge >= 0.3 is 17.9 Å². The second kappa shape index (κ2) is 60.4. The summed E-state index contributed by atoms with van der Waals surface area (Å²) in [7, 11) is 0. The van der Waals surface area contributed by atoms with Crippen LogP contribution in [-0.4, -0.2) is 37.2 Å². The van der Waals surface area contributed by atoms with Gasteiger partial charge in [-0.3, -0.25) is 14.4 Å². The quantitative estimate of drug-likeness (QED) is 0.0261. The molecule has 1 atom stereocenters. The molecule has 0 aliphatic rings. The third-order valence-electron chi connectivity index (χ3n) is 13.5. The van der Waals surface area contributed by atoms with Crippen molar-refractivity contribution in [1.29, 1.82) is 0 Å². The topological polar surface area (TPSA) is 78.9 Å². The summed E-state index contributed by atoms with van der Waals surface area (Å²) in [4.78, 5) is 38.0. The number of carbonyl (C=O) groups excluding carboxylic acids is 3. The van der Waals surface area contributed by atoms with Crippen LogP contribution in [-0.2, 0) is 28.6 Å². The van der Waals surface area contributed by atoms with Crippen molar-refractivity contribution >= 4 is 17.9 Å². The molecule has 0 aliphatic heterocycles. The fraction of sp³-hybridized carbons (Fsp3) is 0.773. The van der Waals surface area contributed by atoms with Crippen LogP contribution in [0.5, 0.6) is 0 Å². The van der Waals surface area contributed by atoms with Crippen molar-refractivity contribution < 1.29 is 28.6 Å². The number of esters is 3. The first kappa shape index (κ1) is 68.8. The minimum absolute atomic E-state index is 0.0777. The molecule has 0 aromatic heterocycles. The summed E-state index contributed by atoms with van der Waals surface area (Å²) in [5.41, 5.74) is 0. The Morgan fingerprint density at radius 3 is 0.847 bits per heavy atom. The lowest BCUT2D eigenvalue weighted by Gasteiger charge is -2.18. The Morgan fingerprint density at radius 1 is 0.292 bits per heavy atom. The normalized spacial score (nSPS) is 12.5. The minimum Gasteiger partial charge on any atom is -0.462 e. The van der Waals surface area contributed by atoms with Crippen molar-refractivity contribution in [2.45, 2.75) is 316 Å². The van der Waals surface area contributed by atoms with E-state index < -0.39 is 6.10 Å². The highest BCUT2D eigenvalue weighted by Gasteiger charge is 2.19. The summed E-state index contributed by atoms with van der Waals surface area (Å²) in [5.74, 6) is -0.890. The van der Waals surface area contributed by atoms with Gasteiger partial charge < -0.3 is 14.2 Å². The van der Waals surface area contributed by atoms with E-state index in [1.54, 1.807) is 0 Å². The molecule has 0 fully saturated rings. The van der Waals surface area contributed by atoms with Gasteiger partial charge in [0.05, 0.1) is 0 Å². The fourth-order valence-electron chi connectivity index (χ4n) is 8.86. The van der Waals surface area contributed by atoms with Crippen LogP contribution in [0.3, 0.4) is 0 Å². The second-order valence-corrected chi connectivity index (χ2v) is 20.6. The molecule has 6 heteroatoms. The van der Waals surface area contributed by atoms with Gasteiger partial charge in [-0.05, 0) is 70.6 Å². The molecule has 0 heterocycles. The fourth-order valence-corrected chi connectivity index (χ4v) is 8.86. The standard InChI is InChI=1S/C66H116O6/c1-4-7-10-13-16-18-20-22-24-26-28-30-32-33-35-36-38-40-42-44-46-48-50-53-56-59-65(68)71-62-63(61-70-64(67)58-55-52-15-12-9-6-3)72-66(69)60-57-54-51-49-47-45-43-41-39-37-34-31-29-27-25-23-21-19-17-14-11-8-5-2/h7,10,16,18,22,24,28,30,33,35,38,40,63H,4-6,8-9,11-15,17,19-21,23,25-27,29,31-32,34,36-37,39,41-62H2,1-3H3/b10-7-,18-16-,24-22-,30-28-,35-33-,40-38-. The SMILES string of the molecule is CC/C=C\C/C=C\C/C=C\C/C=C\C/C=C\C/C=C\CCCCCCCCC(=O)OCC(COC(=O)CCCCCCCC)OC(=O)CCCCCCCCCCCCCCCCCCCCCCCCC. The van der Waals surface area contributed by atoms with E-state index in [0.29, 0.717) is 19.3 Å². The molecule has 0 rings (SSSR count). The van der Waals surface area contributed by atoms with Gasteiger partial charge in [-0.15, -0.1) is 0 Å². The molecule has 0 amide bonds. The van der Waals surface area contributed by atoms with Gasteiger partial charge in [0.15, 0.2) is 6.10 Å². The number of hydrogen-bond acceptors (Lipinski definition) is 6. The van der Waals surface area contributed by atoms with E-state index in [4.69, 9.17) is 14.2 Å².